The van der Waals surface area contributed by atoms with Gasteiger partial charge in [-0.1, -0.05) is 63.2 Å². The van der Waals surface area contributed by atoms with Crippen LogP contribution in [0.4, 0.5) is 0 Å². The quantitative estimate of drug-likeness (QED) is 0.562. The van der Waals surface area contributed by atoms with Crippen LogP contribution in [0.25, 0.3) is 0 Å². The first-order chi connectivity index (χ1) is 15.0. The molecule has 0 aliphatic rings. The summed E-state index contributed by atoms with van der Waals surface area (Å²) >= 11 is 0. The molecule has 0 aromatic heterocycles. The van der Waals surface area contributed by atoms with Crippen molar-refractivity contribution in [2.24, 2.45) is 5.92 Å². The lowest BCUT2D eigenvalue weighted by Gasteiger charge is -2.30. The molecular formula is C25H34N2O4. The lowest BCUT2D eigenvalue weighted by atomic mass is 10.1. The molecule has 0 saturated heterocycles. The molecule has 0 aliphatic carbocycles. The van der Waals surface area contributed by atoms with Gasteiger partial charge in [0.1, 0.15) is 6.04 Å². The molecule has 0 heterocycles. The molecule has 2 rings (SSSR count). The summed E-state index contributed by atoms with van der Waals surface area (Å²) in [6.45, 7) is 6.85. The van der Waals surface area contributed by atoms with Gasteiger partial charge in [0.15, 0.2) is 18.1 Å². The number of hydrogen-bond acceptors (Lipinski definition) is 4. The van der Waals surface area contributed by atoms with Crippen LogP contribution >= 0.6 is 0 Å². The van der Waals surface area contributed by atoms with E-state index in [1.165, 1.54) is 0 Å². The third-order valence-corrected chi connectivity index (χ3v) is 4.97. The van der Waals surface area contributed by atoms with Crippen molar-refractivity contribution in [1.29, 1.82) is 0 Å². The number of hydrogen-bond donors (Lipinski definition) is 1. The van der Waals surface area contributed by atoms with Crippen LogP contribution in [-0.4, -0.2) is 49.6 Å². The van der Waals surface area contributed by atoms with E-state index in [2.05, 4.69) is 5.32 Å². The minimum Gasteiger partial charge on any atom is -0.493 e. The molecule has 6 nitrogen and oxygen atoms in total. The van der Waals surface area contributed by atoms with Gasteiger partial charge in [-0.3, -0.25) is 9.59 Å². The fourth-order valence-corrected chi connectivity index (χ4v) is 3.28. The number of carbonyl (C=O) groups excluding carboxylic acids is 2. The molecule has 0 saturated carbocycles. The Hall–Kier alpha value is -3.02. The molecule has 0 unspecified atom stereocenters. The average Bonchev–Trinajstić information content (AvgIpc) is 2.79. The molecule has 1 N–H and O–H groups in total. The van der Waals surface area contributed by atoms with Crippen molar-refractivity contribution in [3.63, 3.8) is 0 Å². The Morgan fingerprint density at radius 3 is 2.26 bits per heavy atom. The van der Waals surface area contributed by atoms with E-state index in [1.807, 2.05) is 63.2 Å². The van der Waals surface area contributed by atoms with Crippen LogP contribution in [0.3, 0.4) is 0 Å². The fraction of sp³-hybridized carbons (Fsp3) is 0.440. The lowest BCUT2D eigenvalue weighted by molar-refractivity contribution is -0.142. The zero-order valence-electron chi connectivity index (χ0n) is 19.0. The normalized spacial score (nSPS) is 11.6. The van der Waals surface area contributed by atoms with Crippen LogP contribution in [-0.2, 0) is 16.0 Å². The molecule has 2 aromatic carbocycles. The van der Waals surface area contributed by atoms with Crippen LogP contribution < -0.4 is 14.8 Å². The summed E-state index contributed by atoms with van der Waals surface area (Å²) in [5, 5.41) is 2.97. The van der Waals surface area contributed by atoms with E-state index in [9.17, 15) is 9.59 Å². The molecule has 6 heteroatoms. The Kier molecular flexibility index (Phi) is 9.88. The number of methoxy groups -OCH3 is 1. The van der Waals surface area contributed by atoms with E-state index in [0.717, 1.165) is 5.56 Å². The van der Waals surface area contributed by atoms with Crippen molar-refractivity contribution >= 4 is 11.8 Å². The molecule has 0 aliphatic heterocycles. The molecule has 31 heavy (non-hydrogen) atoms. The summed E-state index contributed by atoms with van der Waals surface area (Å²) in [7, 11) is 1.56. The number of carbonyl (C=O) groups is 2. The predicted molar refractivity (Wildman–Crippen MR) is 122 cm³/mol. The Bertz CT molecular complexity index is 823. The van der Waals surface area contributed by atoms with Gasteiger partial charge in [0.05, 0.1) is 7.11 Å². The highest BCUT2D eigenvalue weighted by Crippen LogP contribution is 2.25. The number of benzene rings is 2. The van der Waals surface area contributed by atoms with Gasteiger partial charge in [0, 0.05) is 13.1 Å². The predicted octanol–water partition coefficient (Wildman–Crippen LogP) is 3.70. The van der Waals surface area contributed by atoms with E-state index in [4.69, 9.17) is 9.47 Å². The molecule has 0 fully saturated rings. The summed E-state index contributed by atoms with van der Waals surface area (Å²) in [6, 6.07) is 16.6. The van der Waals surface area contributed by atoms with E-state index < -0.39 is 6.04 Å². The minimum atomic E-state index is -0.545. The molecule has 0 radical (unpaired) electrons. The molecule has 0 spiro atoms. The third-order valence-electron chi connectivity index (χ3n) is 4.97. The summed E-state index contributed by atoms with van der Waals surface area (Å²) in [6.07, 6.45) is 1.19. The maximum atomic E-state index is 13.2. The average molecular weight is 427 g/mol. The highest BCUT2D eigenvalue weighted by molar-refractivity contribution is 5.88. The Morgan fingerprint density at radius 1 is 1.00 bits per heavy atom. The molecule has 168 valence electrons. The second-order valence-corrected chi connectivity index (χ2v) is 7.83. The molecule has 1 atom stereocenters. The van der Waals surface area contributed by atoms with Crippen LogP contribution in [0, 0.1) is 5.92 Å². The Balaban J connectivity index is 2.14. The van der Waals surface area contributed by atoms with Crippen molar-refractivity contribution in [2.75, 3.05) is 26.8 Å². The van der Waals surface area contributed by atoms with Crippen molar-refractivity contribution in [3.8, 4) is 11.5 Å². The number of rotatable bonds is 12. The van der Waals surface area contributed by atoms with Crippen LogP contribution in [0.2, 0.25) is 0 Å². The molecule has 2 aromatic rings. The topological polar surface area (TPSA) is 67.9 Å². The SMILES string of the molecule is CC[C@H](C(=O)NCC(C)C)N(CCc1ccccc1)C(=O)COc1ccccc1OC. The number of nitrogens with zero attached hydrogens (tertiary/aromatic N) is 1. The second kappa shape index (κ2) is 12.6. The summed E-state index contributed by atoms with van der Waals surface area (Å²) < 4.78 is 11.0. The lowest BCUT2D eigenvalue weighted by Crippen LogP contribution is -2.51. The first-order valence-corrected chi connectivity index (χ1v) is 10.8. The minimum absolute atomic E-state index is 0.130. The molecular weight excluding hydrogens is 392 g/mol. The Morgan fingerprint density at radius 2 is 1.65 bits per heavy atom. The highest BCUT2D eigenvalue weighted by Gasteiger charge is 2.28. The molecule has 2 amide bonds. The number of amides is 2. The van der Waals surface area contributed by atoms with Gasteiger partial charge in [-0.15, -0.1) is 0 Å². The standard InChI is InChI=1S/C25H34N2O4/c1-5-21(25(29)26-17-19(2)3)27(16-15-20-11-7-6-8-12-20)24(28)18-31-23-14-10-9-13-22(23)30-4/h6-14,19,21H,5,15-18H2,1-4H3,(H,26,29)/t21-/m1/s1. The van der Waals surface area contributed by atoms with E-state index in [1.54, 1.807) is 24.1 Å². The zero-order chi connectivity index (χ0) is 22.6. The van der Waals surface area contributed by atoms with Crippen LogP contribution in [0.5, 0.6) is 11.5 Å². The summed E-state index contributed by atoms with van der Waals surface area (Å²) in [4.78, 5) is 27.6. The van der Waals surface area contributed by atoms with Crippen molar-refractivity contribution < 1.29 is 19.1 Å². The number of ether oxygens (including phenoxy) is 2. The van der Waals surface area contributed by atoms with Gasteiger partial charge in [0.2, 0.25) is 5.91 Å². The smallest absolute Gasteiger partial charge is 0.261 e. The number of nitrogens with one attached hydrogen (secondary N) is 1. The van der Waals surface area contributed by atoms with Crippen molar-refractivity contribution in [1.82, 2.24) is 10.2 Å². The maximum Gasteiger partial charge on any atom is 0.261 e. The zero-order valence-corrected chi connectivity index (χ0v) is 19.0. The van der Waals surface area contributed by atoms with Crippen molar-refractivity contribution in [2.45, 2.75) is 39.7 Å². The largest absolute Gasteiger partial charge is 0.493 e. The van der Waals surface area contributed by atoms with Gasteiger partial charge in [0.25, 0.3) is 5.91 Å². The maximum absolute atomic E-state index is 13.2. The van der Waals surface area contributed by atoms with Gasteiger partial charge in [-0.2, -0.15) is 0 Å². The van der Waals surface area contributed by atoms with E-state index in [-0.39, 0.29) is 18.4 Å². The van der Waals surface area contributed by atoms with Gasteiger partial charge in [-0.05, 0) is 36.5 Å². The van der Waals surface area contributed by atoms with Gasteiger partial charge < -0.3 is 19.7 Å². The van der Waals surface area contributed by atoms with Crippen LogP contribution in [0.15, 0.2) is 54.6 Å². The van der Waals surface area contributed by atoms with E-state index in [0.29, 0.717) is 43.3 Å². The monoisotopic (exact) mass is 426 g/mol. The first-order valence-electron chi connectivity index (χ1n) is 10.8. The fourth-order valence-electron chi connectivity index (χ4n) is 3.28. The summed E-state index contributed by atoms with van der Waals surface area (Å²) in [5.41, 5.74) is 1.11. The highest BCUT2D eigenvalue weighted by atomic mass is 16.5. The molecule has 0 bridgehead atoms. The van der Waals surface area contributed by atoms with Gasteiger partial charge in [-0.25, -0.2) is 0 Å². The van der Waals surface area contributed by atoms with Crippen molar-refractivity contribution in [3.05, 3.63) is 60.2 Å². The Labute approximate surface area is 185 Å². The number of para-hydroxylation sites is 2. The summed E-state index contributed by atoms with van der Waals surface area (Å²) in [5.74, 6) is 1.04. The van der Waals surface area contributed by atoms with Gasteiger partial charge >= 0.3 is 0 Å². The third kappa shape index (κ3) is 7.63. The first kappa shape index (κ1) is 24.3. The van der Waals surface area contributed by atoms with Crippen LogP contribution in [0.1, 0.15) is 32.8 Å². The van der Waals surface area contributed by atoms with E-state index >= 15 is 0 Å². The second-order valence-electron chi connectivity index (χ2n) is 7.83.